The SMILES string of the molecule is CC(C)Cc1c(CO)nnn1-c1ccc(Cl)c([N+](=O)[O-])c1. The first-order chi connectivity index (χ1) is 9.93. The predicted octanol–water partition coefficient (Wildman–Crippen LogP) is 2.52. The van der Waals surface area contributed by atoms with Gasteiger partial charge in [0.15, 0.2) is 0 Å². The number of rotatable bonds is 5. The molecule has 1 aromatic carbocycles. The highest BCUT2D eigenvalue weighted by Crippen LogP contribution is 2.27. The molecule has 0 spiro atoms. The van der Waals surface area contributed by atoms with E-state index in [2.05, 4.69) is 10.3 Å². The maximum atomic E-state index is 11.0. The zero-order valence-electron chi connectivity index (χ0n) is 11.7. The van der Waals surface area contributed by atoms with E-state index >= 15 is 0 Å². The third-order valence-corrected chi connectivity index (χ3v) is 3.29. The summed E-state index contributed by atoms with van der Waals surface area (Å²) in [6.07, 6.45) is 0.652. The van der Waals surface area contributed by atoms with Gasteiger partial charge in [-0.05, 0) is 24.5 Å². The molecule has 21 heavy (non-hydrogen) atoms. The Labute approximate surface area is 126 Å². The molecule has 0 atom stereocenters. The van der Waals surface area contributed by atoms with Gasteiger partial charge in [-0.2, -0.15) is 0 Å². The van der Waals surface area contributed by atoms with Crippen molar-refractivity contribution < 1.29 is 10.0 Å². The number of hydrogen-bond donors (Lipinski definition) is 1. The van der Waals surface area contributed by atoms with Crippen molar-refractivity contribution in [1.82, 2.24) is 15.0 Å². The molecule has 7 nitrogen and oxygen atoms in total. The number of halogens is 1. The van der Waals surface area contributed by atoms with E-state index in [1.807, 2.05) is 13.8 Å². The largest absolute Gasteiger partial charge is 0.390 e. The lowest BCUT2D eigenvalue weighted by atomic mass is 10.1. The quantitative estimate of drug-likeness (QED) is 0.676. The van der Waals surface area contributed by atoms with Crippen LogP contribution in [0, 0.1) is 16.0 Å². The van der Waals surface area contributed by atoms with Crippen LogP contribution in [0.2, 0.25) is 5.02 Å². The molecule has 1 aromatic heterocycles. The first-order valence-corrected chi connectivity index (χ1v) is 6.80. The van der Waals surface area contributed by atoms with Crippen molar-refractivity contribution in [3.8, 4) is 5.69 Å². The Morgan fingerprint density at radius 2 is 2.19 bits per heavy atom. The Morgan fingerprint density at radius 3 is 2.76 bits per heavy atom. The summed E-state index contributed by atoms with van der Waals surface area (Å²) in [5, 5.41) is 28.3. The van der Waals surface area contributed by atoms with Crippen molar-refractivity contribution in [3.05, 3.63) is 44.7 Å². The molecule has 1 heterocycles. The van der Waals surface area contributed by atoms with E-state index < -0.39 is 4.92 Å². The van der Waals surface area contributed by atoms with Gasteiger partial charge in [-0.25, -0.2) is 4.68 Å². The first-order valence-electron chi connectivity index (χ1n) is 6.42. The van der Waals surface area contributed by atoms with Gasteiger partial charge in [0.25, 0.3) is 5.69 Å². The van der Waals surface area contributed by atoms with E-state index in [4.69, 9.17) is 11.6 Å². The molecule has 0 unspecified atom stereocenters. The van der Waals surface area contributed by atoms with Crippen LogP contribution < -0.4 is 0 Å². The first kappa shape index (κ1) is 15.4. The van der Waals surface area contributed by atoms with Crippen molar-refractivity contribution in [3.63, 3.8) is 0 Å². The smallest absolute Gasteiger partial charge is 0.290 e. The Hall–Kier alpha value is -1.99. The van der Waals surface area contributed by atoms with Gasteiger partial charge in [0.05, 0.1) is 22.9 Å². The van der Waals surface area contributed by atoms with E-state index in [9.17, 15) is 15.2 Å². The highest BCUT2D eigenvalue weighted by Gasteiger charge is 2.18. The second-order valence-electron chi connectivity index (χ2n) is 5.04. The highest BCUT2D eigenvalue weighted by molar-refractivity contribution is 6.32. The number of aliphatic hydroxyl groups is 1. The summed E-state index contributed by atoms with van der Waals surface area (Å²) in [7, 11) is 0. The molecule has 0 fully saturated rings. The molecule has 0 aliphatic heterocycles. The van der Waals surface area contributed by atoms with Crippen LogP contribution in [0.1, 0.15) is 25.2 Å². The van der Waals surface area contributed by atoms with Crippen LogP contribution in [0.5, 0.6) is 0 Å². The van der Waals surface area contributed by atoms with E-state index in [0.717, 1.165) is 5.69 Å². The summed E-state index contributed by atoms with van der Waals surface area (Å²) in [4.78, 5) is 10.4. The van der Waals surface area contributed by atoms with Gasteiger partial charge in [-0.3, -0.25) is 10.1 Å². The maximum absolute atomic E-state index is 11.0. The molecule has 1 N–H and O–H groups in total. The van der Waals surface area contributed by atoms with Gasteiger partial charge in [0.2, 0.25) is 0 Å². The third kappa shape index (κ3) is 3.20. The molecule has 0 saturated heterocycles. The van der Waals surface area contributed by atoms with E-state index in [1.165, 1.54) is 16.8 Å². The van der Waals surface area contributed by atoms with Crippen molar-refractivity contribution in [2.24, 2.45) is 5.92 Å². The minimum absolute atomic E-state index is 0.0663. The van der Waals surface area contributed by atoms with Gasteiger partial charge >= 0.3 is 0 Å². The molecular formula is C13H15ClN4O3. The summed E-state index contributed by atoms with van der Waals surface area (Å²) < 4.78 is 1.51. The Morgan fingerprint density at radius 1 is 1.48 bits per heavy atom. The number of aliphatic hydroxyl groups excluding tert-OH is 1. The molecular weight excluding hydrogens is 296 g/mol. The second kappa shape index (κ2) is 6.19. The predicted molar refractivity (Wildman–Crippen MR) is 77.5 cm³/mol. The van der Waals surface area contributed by atoms with Crippen molar-refractivity contribution in [1.29, 1.82) is 0 Å². The number of nitro groups is 1. The van der Waals surface area contributed by atoms with Crippen LogP contribution >= 0.6 is 11.6 Å². The summed E-state index contributed by atoms with van der Waals surface area (Å²) in [5.41, 5.74) is 1.52. The average molecular weight is 311 g/mol. The molecule has 0 saturated carbocycles. The highest BCUT2D eigenvalue weighted by atomic mass is 35.5. The normalized spacial score (nSPS) is 11.1. The summed E-state index contributed by atoms with van der Waals surface area (Å²) in [5.74, 6) is 0.329. The lowest BCUT2D eigenvalue weighted by Crippen LogP contribution is -2.07. The fraction of sp³-hybridized carbons (Fsp3) is 0.385. The van der Waals surface area contributed by atoms with Gasteiger partial charge in [0, 0.05) is 6.07 Å². The monoisotopic (exact) mass is 310 g/mol. The number of nitro benzene ring substituents is 1. The lowest BCUT2D eigenvalue weighted by Gasteiger charge is -2.10. The molecule has 8 heteroatoms. The van der Waals surface area contributed by atoms with Crippen LogP contribution in [0.25, 0.3) is 5.69 Å². The van der Waals surface area contributed by atoms with Crippen molar-refractivity contribution in [2.75, 3.05) is 0 Å². The van der Waals surface area contributed by atoms with Gasteiger partial charge in [-0.15, -0.1) is 5.10 Å². The zero-order valence-corrected chi connectivity index (χ0v) is 12.4. The molecule has 0 amide bonds. The van der Waals surface area contributed by atoms with Crippen molar-refractivity contribution >= 4 is 17.3 Å². The number of benzene rings is 1. The van der Waals surface area contributed by atoms with Crippen molar-refractivity contribution in [2.45, 2.75) is 26.9 Å². The minimum atomic E-state index is -0.544. The molecule has 112 valence electrons. The fourth-order valence-electron chi connectivity index (χ4n) is 2.03. The lowest BCUT2D eigenvalue weighted by molar-refractivity contribution is -0.384. The Kier molecular flexibility index (Phi) is 4.54. The average Bonchev–Trinajstić information content (AvgIpc) is 2.81. The van der Waals surface area contributed by atoms with E-state index in [1.54, 1.807) is 6.07 Å². The molecule has 0 radical (unpaired) electrons. The number of nitrogens with zero attached hydrogens (tertiary/aromatic N) is 4. The van der Waals surface area contributed by atoms with Gasteiger partial charge < -0.3 is 5.11 Å². The summed E-state index contributed by atoms with van der Waals surface area (Å²) >= 11 is 5.81. The second-order valence-corrected chi connectivity index (χ2v) is 5.45. The van der Waals surface area contributed by atoms with Crippen LogP contribution in [0.15, 0.2) is 18.2 Å². The van der Waals surface area contributed by atoms with Crippen LogP contribution in [-0.4, -0.2) is 25.0 Å². The minimum Gasteiger partial charge on any atom is -0.390 e. The third-order valence-electron chi connectivity index (χ3n) is 2.97. The van der Waals surface area contributed by atoms with Crippen LogP contribution in [-0.2, 0) is 13.0 Å². The standard InChI is InChI=1S/C13H15ClN4O3/c1-8(2)5-13-11(7-19)15-16-17(13)9-3-4-10(14)12(6-9)18(20)21/h3-4,6,8,19H,5,7H2,1-2H3. The Bertz CT molecular complexity index is 669. The maximum Gasteiger partial charge on any atom is 0.290 e. The van der Waals surface area contributed by atoms with E-state index in [0.29, 0.717) is 23.7 Å². The van der Waals surface area contributed by atoms with Gasteiger partial charge in [-0.1, -0.05) is 30.7 Å². The molecule has 0 bridgehead atoms. The summed E-state index contributed by atoms with van der Waals surface area (Å²) in [6, 6.07) is 4.44. The number of hydrogen-bond acceptors (Lipinski definition) is 5. The summed E-state index contributed by atoms with van der Waals surface area (Å²) in [6.45, 7) is 3.84. The number of aromatic nitrogens is 3. The molecule has 0 aliphatic carbocycles. The van der Waals surface area contributed by atoms with Crippen LogP contribution in [0.3, 0.4) is 0 Å². The Balaban J connectivity index is 2.54. The van der Waals surface area contributed by atoms with E-state index in [-0.39, 0.29) is 17.3 Å². The topological polar surface area (TPSA) is 94.1 Å². The fourth-order valence-corrected chi connectivity index (χ4v) is 2.21. The van der Waals surface area contributed by atoms with Crippen LogP contribution in [0.4, 0.5) is 5.69 Å². The molecule has 0 aliphatic rings. The molecule has 2 rings (SSSR count). The van der Waals surface area contributed by atoms with Gasteiger partial charge in [0.1, 0.15) is 10.7 Å². The molecule has 2 aromatic rings. The zero-order chi connectivity index (χ0) is 15.6.